The first kappa shape index (κ1) is 6.53. The van der Waals surface area contributed by atoms with Gasteiger partial charge in [0.25, 0.3) is 0 Å². The normalized spacial score (nSPS) is 9.20. The zero-order chi connectivity index (χ0) is 7.40. The summed E-state index contributed by atoms with van der Waals surface area (Å²) in [6.45, 7) is 0.0509. The minimum Gasteiger partial charge on any atom is -0.465 e. The van der Waals surface area contributed by atoms with E-state index in [1.54, 1.807) is 0 Å². The first-order chi connectivity index (χ1) is 4.79. The molecule has 0 aromatic carbocycles. The number of nitrogens with one attached hydrogen (secondary N) is 1. The van der Waals surface area contributed by atoms with Crippen LogP contribution < -0.4 is 5.32 Å². The molecule has 0 spiro atoms. The summed E-state index contributed by atoms with van der Waals surface area (Å²) in [6.07, 6.45) is 0.0944. The van der Waals surface area contributed by atoms with Crippen LogP contribution in [0.1, 0.15) is 5.89 Å². The van der Waals surface area contributed by atoms with Crippen molar-refractivity contribution in [2.75, 3.05) is 0 Å². The fourth-order valence-corrected chi connectivity index (χ4v) is 0.425. The highest BCUT2D eigenvalue weighted by Gasteiger charge is 1.99. The van der Waals surface area contributed by atoms with Gasteiger partial charge in [-0.1, -0.05) is 5.16 Å². The number of aromatic nitrogens is 2. The monoisotopic (exact) mass is 143 g/mol. The van der Waals surface area contributed by atoms with Crippen LogP contribution in [0.15, 0.2) is 10.9 Å². The summed E-state index contributed by atoms with van der Waals surface area (Å²) in [5.41, 5.74) is 0. The lowest BCUT2D eigenvalue weighted by molar-refractivity contribution is 0.192. The zero-order valence-corrected chi connectivity index (χ0v) is 4.94. The summed E-state index contributed by atoms with van der Waals surface area (Å²) >= 11 is 0. The molecule has 2 N–H and O–H groups in total. The highest BCUT2D eigenvalue weighted by atomic mass is 16.5. The second-order valence-corrected chi connectivity index (χ2v) is 1.49. The van der Waals surface area contributed by atoms with E-state index < -0.39 is 6.09 Å². The molecular formula is C4H5N3O3. The number of carbonyl (C=O) groups is 1. The van der Waals surface area contributed by atoms with Crippen molar-refractivity contribution >= 4 is 6.09 Å². The van der Waals surface area contributed by atoms with Crippen LogP contribution in [0.4, 0.5) is 4.79 Å². The predicted octanol–water partition coefficient (Wildman–Crippen LogP) is -0.163. The molecule has 0 unspecified atom stereocenters. The highest BCUT2D eigenvalue weighted by molar-refractivity contribution is 5.64. The number of hydrogen-bond acceptors (Lipinski definition) is 4. The van der Waals surface area contributed by atoms with Crippen molar-refractivity contribution in [1.29, 1.82) is 0 Å². The molecule has 6 heteroatoms. The average Bonchev–Trinajstić information content (AvgIpc) is 2.34. The van der Waals surface area contributed by atoms with E-state index in [0.29, 0.717) is 0 Å². The Morgan fingerprint density at radius 3 is 3.20 bits per heavy atom. The van der Waals surface area contributed by atoms with Crippen molar-refractivity contribution in [2.24, 2.45) is 0 Å². The molecule has 1 aromatic rings. The summed E-state index contributed by atoms with van der Waals surface area (Å²) in [7, 11) is 0. The van der Waals surface area contributed by atoms with Gasteiger partial charge < -0.3 is 14.9 Å². The zero-order valence-electron chi connectivity index (χ0n) is 4.94. The fraction of sp³-hybridized carbons (Fsp3) is 0.250. The summed E-state index contributed by atoms with van der Waals surface area (Å²) in [6, 6.07) is 0. The van der Waals surface area contributed by atoms with Crippen molar-refractivity contribution in [2.45, 2.75) is 6.54 Å². The van der Waals surface area contributed by atoms with Gasteiger partial charge in [-0.15, -0.1) is 0 Å². The van der Waals surface area contributed by atoms with Gasteiger partial charge in [-0.05, 0) is 0 Å². The van der Waals surface area contributed by atoms with Gasteiger partial charge in [0.15, 0.2) is 6.33 Å². The van der Waals surface area contributed by atoms with E-state index in [1.165, 1.54) is 6.33 Å². The van der Waals surface area contributed by atoms with Crippen LogP contribution in [0.2, 0.25) is 0 Å². The Hall–Kier alpha value is -1.59. The Morgan fingerprint density at radius 2 is 2.70 bits per heavy atom. The van der Waals surface area contributed by atoms with E-state index in [9.17, 15) is 4.79 Å². The van der Waals surface area contributed by atoms with E-state index in [2.05, 4.69) is 20.0 Å². The van der Waals surface area contributed by atoms with Gasteiger partial charge >= 0.3 is 6.09 Å². The molecule has 0 saturated heterocycles. The molecule has 0 saturated carbocycles. The van der Waals surface area contributed by atoms with E-state index in [1.807, 2.05) is 0 Å². The van der Waals surface area contributed by atoms with E-state index in [-0.39, 0.29) is 12.4 Å². The SMILES string of the molecule is O=C(O)NCc1ncno1. The Morgan fingerprint density at radius 1 is 1.90 bits per heavy atom. The van der Waals surface area contributed by atoms with Gasteiger partial charge in [0.2, 0.25) is 5.89 Å². The maximum absolute atomic E-state index is 9.89. The van der Waals surface area contributed by atoms with Gasteiger partial charge in [0.1, 0.15) is 6.54 Å². The molecule has 1 heterocycles. The Bertz CT molecular complexity index is 208. The Balaban J connectivity index is 2.35. The van der Waals surface area contributed by atoms with Crippen molar-refractivity contribution < 1.29 is 14.4 Å². The molecule has 1 aromatic heterocycles. The average molecular weight is 143 g/mol. The van der Waals surface area contributed by atoms with Crippen LogP contribution in [0.25, 0.3) is 0 Å². The van der Waals surface area contributed by atoms with Crippen LogP contribution in [0.5, 0.6) is 0 Å². The molecular weight excluding hydrogens is 138 g/mol. The molecule has 0 bridgehead atoms. The van der Waals surface area contributed by atoms with E-state index in [0.717, 1.165) is 0 Å². The summed E-state index contributed by atoms with van der Waals surface area (Å²) in [4.78, 5) is 13.5. The standard InChI is InChI=1S/C4H5N3O3/c8-4(9)5-1-3-6-2-7-10-3/h2,5H,1H2,(H,8,9). The Labute approximate surface area is 55.9 Å². The maximum atomic E-state index is 9.89. The van der Waals surface area contributed by atoms with Crippen molar-refractivity contribution in [3.63, 3.8) is 0 Å². The van der Waals surface area contributed by atoms with E-state index >= 15 is 0 Å². The van der Waals surface area contributed by atoms with Crippen molar-refractivity contribution in [1.82, 2.24) is 15.5 Å². The number of rotatable bonds is 2. The molecule has 0 atom stereocenters. The van der Waals surface area contributed by atoms with Gasteiger partial charge in [-0.3, -0.25) is 0 Å². The minimum atomic E-state index is -1.11. The number of amides is 1. The fourth-order valence-electron chi connectivity index (χ4n) is 0.425. The second-order valence-electron chi connectivity index (χ2n) is 1.49. The van der Waals surface area contributed by atoms with Crippen LogP contribution in [0, 0.1) is 0 Å². The molecule has 1 amide bonds. The smallest absolute Gasteiger partial charge is 0.405 e. The largest absolute Gasteiger partial charge is 0.465 e. The van der Waals surface area contributed by atoms with Crippen LogP contribution in [-0.2, 0) is 6.54 Å². The molecule has 0 aliphatic heterocycles. The quantitative estimate of drug-likeness (QED) is 0.600. The third kappa shape index (κ3) is 1.73. The van der Waals surface area contributed by atoms with Crippen molar-refractivity contribution in [3.05, 3.63) is 12.2 Å². The summed E-state index contributed by atoms with van der Waals surface area (Å²) in [5.74, 6) is 0.252. The third-order valence-electron chi connectivity index (χ3n) is 0.798. The number of carboxylic acid groups (broad SMARTS) is 1. The number of hydrogen-bond donors (Lipinski definition) is 2. The van der Waals surface area contributed by atoms with Gasteiger partial charge in [0, 0.05) is 0 Å². The summed E-state index contributed by atoms with van der Waals surface area (Å²) in [5, 5.41) is 13.5. The predicted molar refractivity (Wildman–Crippen MR) is 29.2 cm³/mol. The van der Waals surface area contributed by atoms with Crippen LogP contribution in [-0.4, -0.2) is 21.3 Å². The molecule has 0 radical (unpaired) electrons. The molecule has 0 aliphatic rings. The second kappa shape index (κ2) is 2.81. The van der Waals surface area contributed by atoms with Gasteiger partial charge in [0.05, 0.1) is 0 Å². The molecule has 0 aliphatic carbocycles. The lowest BCUT2D eigenvalue weighted by Gasteiger charge is -1.91. The van der Waals surface area contributed by atoms with Gasteiger partial charge in [-0.25, -0.2) is 4.79 Å². The molecule has 54 valence electrons. The van der Waals surface area contributed by atoms with E-state index in [4.69, 9.17) is 5.11 Å². The Kier molecular flexibility index (Phi) is 1.83. The number of nitrogens with zero attached hydrogens (tertiary/aromatic N) is 2. The summed E-state index contributed by atoms with van der Waals surface area (Å²) < 4.78 is 4.50. The van der Waals surface area contributed by atoms with Crippen LogP contribution >= 0.6 is 0 Å². The minimum absolute atomic E-state index is 0.0509. The molecule has 6 nitrogen and oxygen atoms in total. The van der Waals surface area contributed by atoms with Crippen molar-refractivity contribution in [3.8, 4) is 0 Å². The first-order valence-corrected chi connectivity index (χ1v) is 2.51. The molecule has 1 rings (SSSR count). The topological polar surface area (TPSA) is 88.2 Å². The maximum Gasteiger partial charge on any atom is 0.405 e. The third-order valence-corrected chi connectivity index (χ3v) is 0.798. The van der Waals surface area contributed by atoms with Crippen LogP contribution in [0.3, 0.4) is 0 Å². The van der Waals surface area contributed by atoms with Gasteiger partial charge in [-0.2, -0.15) is 4.98 Å². The highest BCUT2D eigenvalue weighted by Crippen LogP contribution is 1.87. The lowest BCUT2D eigenvalue weighted by Crippen LogP contribution is -2.19. The molecule has 10 heavy (non-hydrogen) atoms. The molecule has 0 fully saturated rings. The first-order valence-electron chi connectivity index (χ1n) is 2.51. The lowest BCUT2D eigenvalue weighted by atomic mass is 10.6.